The molecule has 26 heavy (non-hydrogen) atoms. The Morgan fingerprint density at radius 1 is 1.31 bits per heavy atom. The van der Waals surface area contributed by atoms with Gasteiger partial charge in [-0.05, 0) is 30.7 Å². The van der Waals surface area contributed by atoms with E-state index in [1.807, 2.05) is 0 Å². The minimum absolute atomic E-state index is 0.182. The van der Waals surface area contributed by atoms with Crippen molar-refractivity contribution in [3.05, 3.63) is 24.3 Å². The summed E-state index contributed by atoms with van der Waals surface area (Å²) >= 11 is 2.92. The number of hydrogen-bond donors (Lipinski definition) is 1. The third-order valence-corrected chi connectivity index (χ3v) is 6.53. The summed E-state index contributed by atoms with van der Waals surface area (Å²) in [7, 11) is -1.85. The van der Waals surface area contributed by atoms with Crippen LogP contribution in [0.3, 0.4) is 0 Å². The zero-order valence-corrected chi connectivity index (χ0v) is 17.1. The molecule has 1 aromatic carbocycles. The Kier molecular flexibility index (Phi) is 7.23. The van der Waals surface area contributed by atoms with Gasteiger partial charge in [0.1, 0.15) is 5.75 Å². The van der Waals surface area contributed by atoms with E-state index < -0.39 is 10.0 Å². The summed E-state index contributed by atoms with van der Waals surface area (Å²) in [6.07, 6.45) is 2.17. The molecule has 0 aliphatic carbocycles. The van der Waals surface area contributed by atoms with E-state index >= 15 is 0 Å². The van der Waals surface area contributed by atoms with E-state index in [1.54, 1.807) is 36.0 Å². The summed E-state index contributed by atoms with van der Waals surface area (Å²) in [6.45, 7) is 1.90. The van der Waals surface area contributed by atoms with Crippen molar-refractivity contribution in [2.75, 3.05) is 35.3 Å². The molecule has 8 nitrogen and oxygen atoms in total. The Hall–Kier alpha value is -1.85. The number of sulfonamides is 1. The molecule has 0 bridgehead atoms. The van der Waals surface area contributed by atoms with Gasteiger partial charge in [-0.3, -0.25) is 14.4 Å². The van der Waals surface area contributed by atoms with E-state index in [0.717, 1.165) is 27.1 Å². The third-order valence-electron chi connectivity index (χ3n) is 3.15. The molecule has 0 unspecified atom stereocenters. The molecule has 0 saturated carbocycles. The molecule has 11 heteroatoms. The third kappa shape index (κ3) is 6.15. The van der Waals surface area contributed by atoms with Gasteiger partial charge in [-0.2, -0.15) is 0 Å². The number of aromatic nitrogens is 2. The molecule has 1 N–H and O–H groups in total. The Labute approximate surface area is 161 Å². The van der Waals surface area contributed by atoms with Crippen LogP contribution in [0.2, 0.25) is 0 Å². The predicted octanol–water partition coefficient (Wildman–Crippen LogP) is 2.45. The number of amides is 1. The maximum Gasteiger partial charge on any atom is 0.264 e. The van der Waals surface area contributed by atoms with Gasteiger partial charge in [0.2, 0.25) is 15.2 Å². The van der Waals surface area contributed by atoms with Gasteiger partial charge in [0.05, 0.1) is 11.9 Å². The highest BCUT2D eigenvalue weighted by atomic mass is 32.2. The lowest BCUT2D eigenvalue weighted by molar-refractivity contribution is -0.118. The second-order valence-corrected chi connectivity index (χ2v) is 9.62. The number of hydrogen-bond acceptors (Lipinski definition) is 8. The van der Waals surface area contributed by atoms with Crippen LogP contribution in [0.4, 0.5) is 10.8 Å². The summed E-state index contributed by atoms with van der Waals surface area (Å²) in [5.74, 6) is 1.07. The van der Waals surface area contributed by atoms with Gasteiger partial charge in [0, 0.05) is 12.8 Å². The largest absolute Gasteiger partial charge is 0.484 e. The second-order valence-electron chi connectivity index (χ2n) is 5.28. The fourth-order valence-corrected chi connectivity index (χ4v) is 3.95. The van der Waals surface area contributed by atoms with Crippen LogP contribution in [0.25, 0.3) is 0 Å². The normalized spacial score (nSPS) is 11.2. The molecule has 0 saturated heterocycles. The SMILES string of the molecule is CCCSc1nnc(NC(=O)COc2ccc(N(C)S(C)(=O)=O)cc2)s1. The van der Waals surface area contributed by atoms with Gasteiger partial charge in [-0.25, -0.2) is 8.42 Å². The number of carbonyl (C=O) groups excluding carboxylic acids is 1. The highest BCUT2D eigenvalue weighted by Crippen LogP contribution is 2.25. The van der Waals surface area contributed by atoms with Crippen molar-refractivity contribution in [1.29, 1.82) is 0 Å². The van der Waals surface area contributed by atoms with Crippen molar-refractivity contribution in [1.82, 2.24) is 10.2 Å². The van der Waals surface area contributed by atoms with Crippen LogP contribution in [0.5, 0.6) is 5.75 Å². The second kappa shape index (κ2) is 9.19. The van der Waals surface area contributed by atoms with Crippen LogP contribution >= 0.6 is 23.1 Å². The summed E-state index contributed by atoms with van der Waals surface area (Å²) in [6, 6.07) is 6.43. The summed E-state index contributed by atoms with van der Waals surface area (Å²) < 4.78 is 30.4. The summed E-state index contributed by atoms with van der Waals surface area (Å²) in [5, 5.41) is 11.0. The lowest BCUT2D eigenvalue weighted by Crippen LogP contribution is -2.24. The smallest absolute Gasteiger partial charge is 0.264 e. The average molecular weight is 417 g/mol. The van der Waals surface area contributed by atoms with Gasteiger partial charge in [-0.15, -0.1) is 10.2 Å². The molecule has 0 radical (unpaired) electrons. The molecule has 1 aromatic heterocycles. The lowest BCUT2D eigenvalue weighted by Gasteiger charge is -2.16. The minimum Gasteiger partial charge on any atom is -0.484 e. The van der Waals surface area contributed by atoms with Gasteiger partial charge >= 0.3 is 0 Å². The minimum atomic E-state index is -3.32. The van der Waals surface area contributed by atoms with Crippen molar-refractivity contribution < 1.29 is 17.9 Å². The highest BCUT2D eigenvalue weighted by Gasteiger charge is 2.12. The zero-order chi connectivity index (χ0) is 19.2. The van der Waals surface area contributed by atoms with Crippen LogP contribution in [0.1, 0.15) is 13.3 Å². The first-order valence-electron chi connectivity index (χ1n) is 7.72. The number of ether oxygens (including phenoxy) is 1. The van der Waals surface area contributed by atoms with Crippen LogP contribution in [-0.2, 0) is 14.8 Å². The summed E-state index contributed by atoms with van der Waals surface area (Å²) in [5.41, 5.74) is 0.510. The molecular weight excluding hydrogens is 396 g/mol. The molecule has 142 valence electrons. The number of rotatable bonds is 9. The molecular formula is C15H20N4O4S3. The van der Waals surface area contributed by atoms with Crippen molar-refractivity contribution in [3.63, 3.8) is 0 Å². The molecule has 0 aliphatic heterocycles. The quantitative estimate of drug-likeness (QED) is 0.495. The predicted molar refractivity (Wildman–Crippen MR) is 105 cm³/mol. The number of nitrogens with one attached hydrogen (secondary N) is 1. The Balaban J connectivity index is 1.84. The Morgan fingerprint density at radius 3 is 2.62 bits per heavy atom. The number of benzene rings is 1. The molecule has 0 fully saturated rings. The zero-order valence-electron chi connectivity index (χ0n) is 14.6. The van der Waals surface area contributed by atoms with Gasteiger partial charge in [0.15, 0.2) is 10.9 Å². The molecule has 0 spiro atoms. The van der Waals surface area contributed by atoms with Crippen LogP contribution < -0.4 is 14.4 Å². The van der Waals surface area contributed by atoms with Crippen LogP contribution in [-0.4, -0.2) is 50.2 Å². The first kappa shape index (κ1) is 20.5. The van der Waals surface area contributed by atoms with Crippen molar-refractivity contribution in [2.24, 2.45) is 0 Å². The Bertz CT molecular complexity index is 837. The molecule has 2 aromatic rings. The topological polar surface area (TPSA) is 101 Å². The van der Waals surface area contributed by atoms with Crippen LogP contribution in [0.15, 0.2) is 28.6 Å². The first-order valence-corrected chi connectivity index (χ1v) is 11.4. The van der Waals surface area contributed by atoms with E-state index in [9.17, 15) is 13.2 Å². The molecule has 1 amide bonds. The number of anilines is 2. The standard InChI is InChI=1S/C15H20N4O4S3/c1-4-9-24-15-18-17-14(25-15)16-13(20)10-23-12-7-5-11(6-8-12)19(2)26(3,21)22/h5-8H,4,9-10H2,1-3H3,(H,16,17,20). The van der Waals surface area contributed by atoms with Gasteiger partial charge in [0.25, 0.3) is 5.91 Å². The molecule has 0 aliphatic rings. The fraction of sp³-hybridized carbons (Fsp3) is 0.400. The van der Waals surface area contributed by atoms with E-state index in [2.05, 4.69) is 22.4 Å². The van der Waals surface area contributed by atoms with Gasteiger partial charge in [-0.1, -0.05) is 30.0 Å². The van der Waals surface area contributed by atoms with E-state index in [4.69, 9.17) is 4.74 Å². The summed E-state index contributed by atoms with van der Waals surface area (Å²) in [4.78, 5) is 11.9. The van der Waals surface area contributed by atoms with Crippen molar-refractivity contribution in [2.45, 2.75) is 17.7 Å². The molecule has 2 rings (SSSR count). The van der Waals surface area contributed by atoms with Crippen molar-refractivity contribution in [3.8, 4) is 5.75 Å². The van der Waals surface area contributed by atoms with Gasteiger partial charge < -0.3 is 4.74 Å². The van der Waals surface area contributed by atoms with Crippen molar-refractivity contribution >= 4 is 49.8 Å². The maximum atomic E-state index is 11.9. The lowest BCUT2D eigenvalue weighted by atomic mass is 10.3. The molecule has 0 atom stereocenters. The number of thioether (sulfide) groups is 1. The molecule has 1 heterocycles. The average Bonchev–Trinajstić information content (AvgIpc) is 3.04. The van der Waals surface area contributed by atoms with E-state index in [-0.39, 0.29) is 12.5 Å². The van der Waals surface area contributed by atoms with Crippen LogP contribution in [0, 0.1) is 0 Å². The number of carbonyl (C=O) groups is 1. The first-order chi connectivity index (χ1) is 12.3. The van der Waals surface area contributed by atoms with E-state index in [1.165, 1.54) is 18.4 Å². The monoisotopic (exact) mass is 416 g/mol. The Morgan fingerprint density at radius 2 is 2.00 bits per heavy atom. The fourth-order valence-electron chi connectivity index (χ4n) is 1.76. The highest BCUT2D eigenvalue weighted by molar-refractivity contribution is 8.01. The van der Waals surface area contributed by atoms with E-state index in [0.29, 0.717) is 16.6 Å². The number of nitrogens with zero attached hydrogens (tertiary/aromatic N) is 3. The maximum absolute atomic E-state index is 11.9.